The topological polar surface area (TPSA) is 226 Å². The maximum Gasteiger partial charge on any atom is 0.327 e. The molecule has 1 saturated carbocycles. The van der Waals surface area contributed by atoms with Gasteiger partial charge in [0.25, 0.3) is 5.91 Å². The number of aromatic hydroxyl groups is 2. The van der Waals surface area contributed by atoms with Gasteiger partial charge in [0, 0.05) is 35.7 Å². The third kappa shape index (κ3) is 7.88. The van der Waals surface area contributed by atoms with E-state index in [1.807, 2.05) is 25.1 Å². The van der Waals surface area contributed by atoms with E-state index in [2.05, 4.69) is 22.1 Å². The molecule has 7 atom stereocenters. The number of nitrogens with one attached hydrogen (secondary N) is 1. The van der Waals surface area contributed by atoms with E-state index in [1.54, 1.807) is 24.5 Å². The molecule has 8 N–H and O–H groups in total. The zero-order chi connectivity index (χ0) is 40.4. The fourth-order valence-electron chi connectivity index (χ4n) is 8.87. The number of aromatic amines is 1. The Morgan fingerprint density at radius 3 is 2.44 bits per heavy atom. The van der Waals surface area contributed by atoms with Gasteiger partial charge in [-0.2, -0.15) is 0 Å². The highest BCUT2D eigenvalue weighted by atomic mass is 16.7. The minimum Gasteiger partial charge on any atom is -0.508 e. The van der Waals surface area contributed by atoms with Crippen LogP contribution >= 0.6 is 0 Å². The van der Waals surface area contributed by atoms with Crippen LogP contribution in [-0.2, 0) is 32.6 Å². The molecule has 0 spiro atoms. The van der Waals surface area contributed by atoms with Crippen molar-refractivity contribution in [2.75, 3.05) is 11.5 Å². The second-order valence-corrected chi connectivity index (χ2v) is 15.3. The molecule has 1 saturated heterocycles. The number of phenols is 2. The van der Waals surface area contributed by atoms with E-state index in [4.69, 9.17) is 9.47 Å². The van der Waals surface area contributed by atoms with E-state index in [0.29, 0.717) is 36.0 Å². The second kappa shape index (κ2) is 16.7. The number of aliphatic carboxylic acids is 1. The normalized spacial score (nSPS) is 25.7. The number of aryl methyl sites for hydroxylation is 1. The summed E-state index contributed by atoms with van der Waals surface area (Å²) >= 11 is 0. The standard InChI is InChI=1S/C43H49N3O11/c1-2-29-30(45-23-44-29)18-25-17-24(11-13-32(25)48)12-14-36(50)46-31-20-34(56-42-40(53)39(52)38(51)35(22-47)57-42)33(49)19-27(31)28(37(46)41(54)55)21-43(15-7-4-8-16-43)26-9-5-3-6-10-26/h3,5-6,9-14,17,19-20,23,28,35,37-40,42,47-49,51-53H,2,4,7-8,15-16,18,21-22H2,1H3,(H,44,45)(H,54,55). The molecule has 302 valence electrons. The second-order valence-electron chi connectivity index (χ2n) is 15.3. The Kier molecular flexibility index (Phi) is 11.7. The lowest BCUT2D eigenvalue weighted by Crippen LogP contribution is -2.60. The number of rotatable bonds is 12. The van der Waals surface area contributed by atoms with Gasteiger partial charge in [0.05, 0.1) is 24.3 Å². The Morgan fingerprint density at radius 2 is 1.74 bits per heavy atom. The van der Waals surface area contributed by atoms with Gasteiger partial charge in [0.2, 0.25) is 6.29 Å². The molecule has 2 aliphatic heterocycles. The molecule has 1 amide bonds. The summed E-state index contributed by atoms with van der Waals surface area (Å²) in [6, 6.07) is 16.2. The average molecular weight is 784 g/mol. The first-order valence-electron chi connectivity index (χ1n) is 19.4. The molecule has 2 fully saturated rings. The molecule has 4 aromatic rings. The number of nitrogens with zero attached hydrogens (tertiary/aromatic N) is 2. The maximum atomic E-state index is 14.4. The van der Waals surface area contributed by atoms with E-state index in [1.165, 1.54) is 29.2 Å². The molecule has 14 nitrogen and oxygen atoms in total. The maximum absolute atomic E-state index is 14.4. The van der Waals surface area contributed by atoms with Crippen LogP contribution in [0.2, 0.25) is 0 Å². The smallest absolute Gasteiger partial charge is 0.327 e. The monoisotopic (exact) mass is 783 g/mol. The number of phenolic OH excluding ortho intramolecular Hbond substituents is 2. The fraction of sp³-hybridized carbons (Fsp3) is 0.419. The molecule has 1 aliphatic carbocycles. The van der Waals surface area contributed by atoms with Gasteiger partial charge in [-0.25, -0.2) is 9.78 Å². The number of hydrogen-bond donors (Lipinski definition) is 8. The molecule has 3 heterocycles. The van der Waals surface area contributed by atoms with Gasteiger partial charge < -0.3 is 50.2 Å². The summed E-state index contributed by atoms with van der Waals surface area (Å²) < 4.78 is 11.4. The minimum absolute atomic E-state index is 0.0687. The van der Waals surface area contributed by atoms with Crippen molar-refractivity contribution in [2.24, 2.45) is 0 Å². The van der Waals surface area contributed by atoms with Crippen molar-refractivity contribution >= 4 is 23.6 Å². The molecular formula is C43H49N3O11. The molecule has 0 bridgehead atoms. The number of hydrogen-bond acceptors (Lipinski definition) is 11. The number of carbonyl (C=O) groups excluding carboxylic acids is 1. The molecule has 0 radical (unpaired) electrons. The number of aliphatic hydroxyl groups is 4. The van der Waals surface area contributed by atoms with Crippen molar-refractivity contribution in [3.8, 4) is 17.2 Å². The largest absolute Gasteiger partial charge is 0.508 e. The zero-order valence-electron chi connectivity index (χ0n) is 31.6. The van der Waals surface area contributed by atoms with Crippen LogP contribution in [0.4, 0.5) is 5.69 Å². The Labute approximate surface area is 329 Å². The Morgan fingerprint density at radius 1 is 0.982 bits per heavy atom. The molecule has 7 unspecified atom stereocenters. The quantitative estimate of drug-likeness (QED) is 0.0954. The lowest BCUT2D eigenvalue weighted by atomic mass is 9.63. The van der Waals surface area contributed by atoms with Gasteiger partial charge in [0.15, 0.2) is 11.5 Å². The zero-order valence-corrected chi connectivity index (χ0v) is 31.6. The summed E-state index contributed by atoms with van der Waals surface area (Å²) in [7, 11) is 0. The van der Waals surface area contributed by atoms with Gasteiger partial charge >= 0.3 is 5.97 Å². The van der Waals surface area contributed by atoms with E-state index in [0.717, 1.165) is 49.1 Å². The molecule has 57 heavy (non-hydrogen) atoms. The van der Waals surface area contributed by atoms with Crippen LogP contribution in [0.1, 0.15) is 85.0 Å². The first-order valence-corrected chi connectivity index (χ1v) is 19.4. The number of benzene rings is 3. The van der Waals surface area contributed by atoms with Gasteiger partial charge in [-0.15, -0.1) is 0 Å². The van der Waals surface area contributed by atoms with Crippen molar-refractivity contribution < 1.29 is 54.8 Å². The highest BCUT2D eigenvalue weighted by Gasteiger charge is 2.51. The van der Waals surface area contributed by atoms with Crippen LogP contribution in [0.25, 0.3) is 6.08 Å². The van der Waals surface area contributed by atoms with Crippen molar-refractivity contribution in [3.63, 3.8) is 0 Å². The van der Waals surface area contributed by atoms with Crippen LogP contribution in [-0.4, -0.2) is 101 Å². The number of aliphatic hydroxyl groups excluding tert-OH is 4. The first-order chi connectivity index (χ1) is 27.4. The number of carboxylic acids is 1. The van der Waals surface area contributed by atoms with E-state index in [9.17, 15) is 45.3 Å². The summed E-state index contributed by atoms with van der Waals surface area (Å²) in [5, 5.41) is 74.1. The average Bonchev–Trinajstić information content (AvgIpc) is 3.80. The molecule has 7 rings (SSSR count). The van der Waals surface area contributed by atoms with Crippen LogP contribution in [0.3, 0.4) is 0 Å². The number of carbonyl (C=O) groups is 2. The lowest BCUT2D eigenvalue weighted by Gasteiger charge is -2.41. The fourth-order valence-corrected chi connectivity index (χ4v) is 8.87. The van der Waals surface area contributed by atoms with Crippen molar-refractivity contribution in [2.45, 2.75) is 106 Å². The molecule has 14 heteroatoms. The number of H-pyrrole nitrogens is 1. The summed E-state index contributed by atoms with van der Waals surface area (Å²) in [5.41, 5.74) is 4.16. The predicted molar refractivity (Wildman–Crippen MR) is 208 cm³/mol. The van der Waals surface area contributed by atoms with Crippen LogP contribution in [0.15, 0.2) is 73.1 Å². The highest BCUT2D eigenvalue weighted by molar-refractivity contribution is 6.10. The van der Waals surface area contributed by atoms with Gasteiger partial charge in [-0.3, -0.25) is 9.69 Å². The minimum atomic E-state index is -1.79. The highest BCUT2D eigenvalue weighted by Crippen LogP contribution is 2.54. The summed E-state index contributed by atoms with van der Waals surface area (Å²) in [6.07, 6.45) is 2.32. The lowest BCUT2D eigenvalue weighted by molar-refractivity contribution is -0.277. The molecule has 1 aromatic heterocycles. The third-order valence-corrected chi connectivity index (χ3v) is 11.8. The van der Waals surface area contributed by atoms with Crippen LogP contribution in [0, 0.1) is 0 Å². The van der Waals surface area contributed by atoms with Crippen LogP contribution in [0.5, 0.6) is 17.2 Å². The molecule has 3 aromatic carbocycles. The number of ether oxygens (including phenoxy) is 2. The number of imidazole rings is 1. The molecular weight excluding hydrogens is 734 g/mol. The first kappa shape index (κ1) is 40.0. The summed E-state index contributed by atoms with van der Waals surface area (Å²) in [5.74, 6) is -3.31. The summed E-state index contributed by atoms with van der Waals surface area (Å²) in [4.78, 5) is 36.5. The molecule has 3 aliphatic rings. The Bertz CT molecular complexity index is 2090. The Hall–Kier alpha value is -5.25. The van der Waals surface area contributed by atoms with Gasteiger partial charge in [0.1, 0.15) is 36.2 Å². The number of anilines is 1. The van der Waals surface area contributed by atoms with Crippen molar-refractivity contribution in [1.29, 1.82) is 0 Å². The number of carboxylic acid groups (broad SMARTS) is 1. The van der Waals surface area contributed by atoms with Gasteiger partial charge in [-0.05, 0) is 72.1 Å². The number of fused-ring (bicyclic) bond motifs is 1. The number of amides is 1. The Balaban J connectivity index is 1.27. The third-order valence-electron chi connectivity index (χ3n) is 11.8. The van der Waals surface area contributed by atoms with Crippen molar-refractivity contribution in [3.05, 3.63) is 107 Å². The predicted octanol–water partition coefficient (Wildman–Crippen LogP) is 4.04. The van der Waals surface area contributed by atoms with Crippen LogP contribution < -0.4 is 9.64 Å². The van der Waals surface area contributed by atoms with E-state index < -0.39 is 72.3 Å². The van der Waals surface area contributed by atoms with Gasteiger partial charge in [-0.1, -0.05) is 62.6 Å². The van der Waals surface area contributed by atoms with Crippen molar-refractivity contribution in [1.82, 2.24) is 9.97 Å². The summed E-state index contributed by atoms with van der Waals surface area (Å²) in [6.45, 7) is 1.28. The van der Waals surface area contributed by atoms with E-state index >= 15 is 0 Å². The number of aromatic nitrogens is 2. The SMILES string of the molecule is CCc1nc[nH]c1Cc1cc(C=CC(=O)N2c3cc(OC4OC(CO)C(O)C(O)C4O)c(O)cc3C(CC3(c4ccccc4)CCCCC3)C2C(=O)O)ccc1O. The van der Waals surface area contributed by atoms with E-state index in [-0.39, 0.29) is 17.2 Å².